The molecule has 3 aliphatic rings. The SMILES string of the molecule is Cl.O=C(NC1CC2CCC(C1)N2)C1CC1c1ccc(Cl)c(Cl)c1. The van der Waals surface area contributed by atoms with Gasteiger partial charge in [0, 0.05) is 24.0 Å². The third kappa shape index (κ3) is 3.63. The Labute approximate surface area is 152 Å². The molecule has 6 heteroatoms. The van der Waals surface area contributed by atoms with E-state index >= 15 is 0 Å². The van der Waals surface area contributed by atoms with Crippen LogP contribution >= 0.6 is 35.6 Å². The number of piperidine rings is 1. The molecule has 3 nitrogen and oxygen atoms in total. The summed E-state index contributed by atoms with van der Waals surface area (Å²) < 4.78 is 0. The van der Waals surface area contributed by atoms with Crippen molar-refractivity contribution < 1.29 is 4.79 Å². The van der Waals surface area contributed by atoms with E-state index in [1.165, 1.54) is 12.8 Å². The molecule has 1 saturated carbocycles. The summed E-state index contributed by atoms with van der Waals surface area (Å²) >= 11 is 12.0. The summed E-state index contributed by atoms with van der Waals surface area (Å²) in [6, 6.07) is 7.25. The maximum atomic E-state index is 12.5. The van der Waals surface area contributed by atoms with Gasteiger partial charge in [-0.05, 0) is 55.7 Å². The van der Waals surface area contributed by atoms with Gasteiger partial charge in [0.1, 0.15) is 0 Å². The summed E-state index contributed by atoms with van der Waals surface area (Å²) in [4.78, 5) is 12.5. The van der Waals surface area contributed by atoms with Crippen molar-refractivity contribution in [3.8, 4) is 0 Å². The van der Waals surface area contributed by atoms with Gasteiger partial charge in [-0.2, -0.15) is 0 Å². The van der Waals surface area contributed by atoms with Crippen molar-refractivity contribution in [3.63, 3.8) is 0 Å². The number of hydrogen-bond donors (Lipinski definition) is 2. The molecular weight excluding hydrogens is 355 g/mol. The van der Waals surface area contributed by atoms with E-state index in [0.717, 1.165) is 24.8 Å². The first-order chi connectivity index (χ1) is 10.6. The zero-order chi connectivity index (χ0) is 15.3. The van der Waals surface area contributed by atoms with Crippen LogP contribution in [0.1, 0.15) is 43.6 Å². The van der Waals surface area contributed by atoms with Crippen molar-refractivity contribution in [2.45, 2.75) is 56.1 Å². The van der Waals surface area contributed by atoms with Gasteiger partial charge in [-0.15, -0.1) is 12.4 Å². The van der Waals surface area contributed by atoms with Crippen LogP contribution in [-0.2, 0) is 4.79 Å². The van der Waals surface area contributed by atoms with Crippen molar-refractivity contribution in [1.82, 2.24) is 10.6 Å². The number of amides is 1. The predicted molar refractivity (Wildman–Crippen MR) is 95.7 cm³/mol. The fourth-order valence-corrected chi connectivity index (χ4v) is 4.39. The molecule has 1 amide bonds. The first-order valence-electron chi connectivity index (χ1n) is 8.11. The van der Waals surface area contributed by atoms with Gasteiger partial charge in [-0.3, -0.25) is 4.79 Å². The summed E-state index contributed by atoms with van der Waals surface area (Å²) in [5.41, 5.74) is 1.12. The van der Waals surface area contributed by atoms with Crippen molar-refractivity contribution in [1.29, 1.82) is 0 Å². The number of hydrogen-bond acceptors (Lipinski definition) is 2. The van der Waals surface area contributed by atoms with Gasteiger partial charge in [-0.25, -0.2) is 0 Å². The molecule has 4 rings (SSSR count). The molecule has 2 aliphatic heterocycles. The van der Waals surface area contributed by atoms with Crippen molar-refractivity contribution in [2.75, 3.05) is 0 Å². The molecule has 0 spiro atoms. The number of halogens is 3. The molecule has 2 heterocycles. The van der Waals surface area contributed by atoms with Crippen LogP contribution in [0, 0.1) is 5.92 Å². The summed E-state index contributed by atoms with van der Waals surface area (Å²) in [5.74, 6) is 0.611. The van der Waals surface area contributed by atoms with E-state index < -0.39 is 0 Å². The first kappa shape index (κ1) is 17.3. The van der Waals surface area contributed by atoms with Crippen molar-refractivity contribution in [2.24, 2.45) is 5.92 Å². The Bertz CT molecular complexity index is 598. The minimum atomic E-state index is 0. The van der Waals surface area contributed by atoms with E-state index in [4.69, 9.17) is 23.2 Å². The van der Waals surface area contributed by atoms with Gasteiger partial charge in [-0.1, -0.05) is 29.3 Å². The molecule has 2 saturated heterocycles. The monoisotopic (exact) mass is 374 g/mol. The van der Waals surface area contributed by atoms with E-state index in [1.807, 2.05) is 18.2 Å². The average molecular weight is 376 g/mol. The maximum Gasteiger partial charge on any atom is 0.223 e. The second kappa shape index (κ2) is 6.79. The minimum absolute atomic E-state index is 0. The smallest absolute Gasteiger partial charge is 0.223 e. The Morgan fingerprint density at radius 3 is 2.43 bits per heavy atom. The van der Waals surface area contributed by atoms with Crippen molar-refractivity contribution in [3.05, 3.63) is 33.8 Å². The summed E-state index contributed by atoms with van der Waals surface area (Å²) in [6.07, 6.45) is 5.58. The van der Waals surface area contributed by atoms with Crippen LogP contribution in [0.2, 0.25) is 10.0 Å². The van der Waals surface area contributed by atoms with Crippen LogP contribution < -0.4 is 10.6 Å². The number of fused-ring (bicyclic) bond motifs is 2. The zero-order valence-corrected chi connectivity index (χ0v) is 15.1. The molecule has 0 radical (unpaired) electrons. The normalized spacial score (nSPS) is 34.6. The van der Waals surface area contributed by atoms with Crippen LogP contribution in [-0.4, -0.2) is 24.0 Å². The standard InChI is InChI=1S/C17H20Cl2N2O.ClH/c18-15-4-1-9(5-16(15)19)13-8-14(13)17(22)21-12-6-10-2-3-11(7-12)20-10;/h1,4-5,10-14,20H,2-3,6-8H2,(H,21,22);1H. The maximum absolute atomic E-state index is 12.5. The number of benzene rings is 1. The Morgan fingerprint density at radius 2 is 1.78 bits per heavy atom. The van der Waals surface area contributed by atoms with Crippen LogP contribution in [0.5, 0.6) is 0 Å². The van der Waals surface area contributed by atoms with Gasteiger partial charge in [0.15, 0.2) is 0 Å². The third-order valence-corrected chi connectivity index (χ3v) is 6.06. The second-order valence-electron chi connectivity index (χ2n) is 6.94. The topological polar surface area (TPSA) is 41.1 Å². The van der Waals surface area contributed by atoms with Crippen LogP contribution in [0.3, 0.4) is 0 Å². The summed E-state index contributed by atoms with van der Waals surface area (Å²) in [6.45, 7) is 0. The van der Waals surface area contributed by atoms with Crippen LogP contribution in [0.4, 0.5) is 0 Å². The molecule has 2 bridgehead atoms. The van der Waals surface area contributed by atoms with E-state index in [9.17, 15) is 4.79 Å². The molecule has 4 atom stereocenters. The van der Waals surface area contributed by atoms with E-state index in [1.54, 1.807) is 0 Å². The molecule has 126 valence electrons. The van der Waals surface area contributed by atoms with Gasteiger partial charge < -0.3 is 10.6 Å². The number of carbonyl (C=O) groups excluding carboxylic acids is 1. The highest BCUT2D eigenvalue weighted by atomic mass is 35.5. The zero-order valence-electron chi connectivity index (χ0n) is 12.7. The average Bonchev–Trinajstić information content (AvgIpc) is 3.22. The number of nitrogens with one attached hydrogen (secondary N) is 2. The number of carbonyl (C=O) groups is 1. The Morgan fingerprint density at radius 1 is 1.09 bits per heavy atom. The fraction of sp³-hybridized carbons (Fsp3) is 0.588. The quantitative estimate of drug-likeness (QED) is 0.841. The second-order valence-corrected chi connectivity index (χ2v) is 7.75. The molecule has 1 aromatic rings. The highest BCUT2D eigenvalue weighted by molar-refractivity contribution is 6.42. The molecule has 2 N–H and O–H groups in total. The van der Waals surface area contributed by atoms with Crippen LogP contribution in [0.15, 0.2) is 18.2 Å². The molecule has 3 fully saturated rings. The molecule has 1 aromatic carbocycles. The lowest BCUT2D eigenvalue weighted by Crippen LogP contribution is -2.48. The predicted octanol–water partition coefficient (Wildman–Crippen LogP) is 3.92. The van der Waals surface area contributed by atoms with E-state index in [0.29, 0.717) is 34.1 Å². The Balaban J connectivity index is 0.00000156. The fourth-order valence-electron chi connectivity index (χ4n) is 4.08. The minimum Gasteiger partial charge on any atom is -0.353 e. The first-order valence-corrected chi connectivity index (χ1v) is 8.87. The van der Waals surface area contributed by atoms with E-state index in [-0.39, 0.29) is 24.2 Å². The Kier molecular flexibility index (Phi) is 5.12. The summed E-state index contributed by atoms with van der Waals surface area (Å²) in [7, 11) is 0. The molecule has 23 heavy (non-hydrogen) atoms. The van der Waals surface area contributed by atoms with E-state index in [2.05, 4.69) is 10.6 Å². The Hall–Kier alpha value is -0.480. The highest BCUT2D eigenvalue weighted by Gasteiger charge is 2.45. The van der Waals surface area contributed by atoms with Gasteiger partial charge >= 0.3 is 0 Å². The molecule has 1 aliphatic carbocycles. The van der Waals surface area contributed by atoms with Crippen molar-refractivity contribution >= 4 is 41.5 Å². The summed E-state index contributed by atoms with van der Waals surface area (Å²) in [5, 5.41) is 8.01. The number of rotatable bonds is 3. The lowest BCUT2D eigenvalue weighted by atomic mass is 9.99. The van der Waals surface area contributed by atoms with Gasteiger partial charge in [0.05, 0.1) is 10.0 Å². The molecular formula is C17H21Cl3N2O. The lowest BCUT2D eigenvalue weighted by molar-refractivity contribution is -0.123. The third-order valence-electron chi connectivity index (χ3n) is 5.32. The van der Waals surface area contributed by atoms with Crippen LogP contribution in [0.25, 0.3) is 0 Å². The van der Waals surface area contributed by atoms with Gasteiger partial charge in [0.2, 0.25) is 5.91 Å². The molecule has 4 unspecified atom stereocenters. The molecule has 0 aromatic heterocycles. The van der Waals surface area contributed by atoms with Gasteiger partial charge in [0.25, 0.3) is 0 Å². The lowest BCUT2D eigenvalue weighted by Gasteiger charge is -2.29. The highest BCUT2D eigenvalue weighted by Crippen LogP contribution is 2.48. The largest absolute Gasteiger partial charge is 0.353 e.